The van der Waals surface area contributed by atoms with Gasteiger partial charge < -0.3 is 10.6 Å². The molecule has 0 spiro atoms. The Balaban J connectivity index is 1.27. The van der Waals surface area contributed by atoms with Crippen molar-refractivity contribution in [1.82, 2.24) is 39.6 Å². The molecule has 5 heterocycles. The minimum Gasteiger partial charge on any atom is -0.346 e. The lowest BCUT2D eigenvalue weighted by molar-refractivity contribution is 0.0941. The summed E-state index contributed by atoms with van der Waals surface area (Å²) in [5.74, 6) is -0.897. The van der Waals surface area contributed by atoms with Crippen LogP contribution in [0.3, 0.4) is 0 Å². The molecule has 0 aliphatic carbocycles. The molecule has 0 unspecified atom stereocenters. The lowest BCUT2D eigenvalue weighted by atomic mass is 10.1. The highest BCUT2D eigenvalue weighted by molar-refractivity contribution is 7.03. The van der Waals surface area contributed by atoms with Gasteiger partial charge in [-0.05, 0) is 49.1 Å². The van der Waals surface area contributed by atoms with Gasteiger partial charge in [-0.3, -0.25) is 14.8 Å². The molecule has 10 nitrogen and oxygen atoms in total. The number of hydrogen-bond acceptors (Lipinski definition) is 10. The molecular weight excluding hydrogens is 512 g/mol. The van der Waals surface area contributed by atoms with Gasteiger partial charge in [-0.1, -0.05) is 6.07 Å². The Morgan fingerprint density at radius 3 is 2.58 bits per heavy atom. The summed E-state index contributed by atoms with van der Waals surface area (Å²) in [6, 6.07) is 7.66. The number of nitrogens with zero attached hydrogens (tertiary/aromatic N) is 7. The molecule has 190 valence electrons. The van der Waals surface area contributed by atoms with Crippen LogP contribution in [0.2, 0.25) is 0 Å². The number of anilines is 2. The number of nitrogens with one attached hydrogen (secondary N) is 2. The number of halogens is 2. The maximum absolute atomic E-state index is 14.9. The molecule has 0 fully saturated rings. The predicted octanol–water partition coefficient (Wildman–Crippen LogP) is 4.42. The average Bonchev–Trinajstić information content (AvgIpc) is 3.41. The van der Waals surface area contributed by atoms with Crippen molar-refractivity contribution in [1.29, 1.82) is 0 Å². The zero-order valence-electron chi connectivity index (χ0n) is 20.1. The fourth-order valence-electron chi connectivity index (χ4n) is 3.55. The molecule has 0 saturated heterocycles. The standard InChI is InChI=1S/C25H19F2N9OS/c1-13-5-21(35-25-32-12-38-36-25)34-23(33-13)16-6-19(27)22(30-10-16)24(37)31-9-15-3-4-20(29-8-15)18-7-17(26)11-28-14(18)2/h3-8,10-12H,9H2,1-2H3,(H,31,37)(H,33,34,35,36). The van der Waals surface area contributed by atoms with Gasteiger partial charge in [0.2, 0.25) is 5.95 Å². The summed E-state index contributed by atoms with van der Waals surface area (Å²) in [4.78, 5) is 37.7. The smallest absolute Gasteiger partial charge is 0.273 e. The first kappa shape index (κ1) is 24.9. The first-order valence-electron chi connectivity index (χ1n) is 11.3. The van der Waals surface area contributed by atoms with E-state index in [-0.39, 0.29) is 18.1 Å². The van der Waals surface area contributed by atoms with Crippen molar-refractivity contribution in [2.45, 2.75) is 20.4 Å². The Labute approximate surface area is 219 Å². The summed E-state index contributed by atoms with van der Waals surface area (Å²) in [5.41, 5.74) is 4.60. The zero-order valence-corrected chi connectivity index (χ0v) is 20.9. The number of carbonyl (C=O) groups is 1. The van der Waals surface area contributed by atoms with Gasteiger partial charge in [0.1, 0.15) is 17.1 Å². The Hall–Kier alpha value is -4.78. The SMILES string of the molecule is Cc1cc(Nc2ncsn2)nc(-c2cnc(C(=O)NCc3ccc(-c4cc(F)cnc4C)nc3)c(F)c2)n1. The van der Waals surface area contributed by atoms with Gasteiger partial charge in [-0.2, -0.15) is 4.37 Å². The quantitative estimate of drug-likeness (QED) is 0.313. The summed E-state index contributed by atoms with van der Waals surface area (Å²) in [7, 11) is 0. The second kappa shape index (κ2) is 10.7. The van der Waals surface area contributed by atoms with Crippen molar-refractivity contribution in [3.8, 4) is 22.6 Å². The van der Waals surface area contributed by atoms with Crippen LogP contribution >= 0.6 is 11.5 Å². The van der Waals surface area contributed by atoms with Crippen LogP contribution in [0.15, 0.2) is 54.4 Å². The van der Waals surface area contributed by atoms with Crippen LogP contribution in [0.5, 0.6) is 0 Å². The molecule has 0 aliphatic heterocycles. The van der Waals surface area contributed by atoms with Crippen molar-refractivity contribution in [3.05, 3.63) is 88.7 Å². The monoisotopic (exact) mass is 531 g/mol. The van der Waals surface area contributed by atoms with E-state index in [2.05, 4.69) is 44.9 Å². The largest absolute Gasteiger partial charge is 0.346 e. The summed E-state index contributed by atoms with van der Waals surface area (Å²) in [6.07, 6.45) is 4.03. The number of amides is 1. The number of carbonyl (C=O) groups excluding carboxylic acids is 1. The lowest BCUT2D eigenvalue weighted by Crippen LogP contribution is -2.25. The molecular formula is C25H19F2N9OS. The van der Waals surface area contributed by atoms with Gasteiger partial charge in [0, 0.05) is 47.5 Å². The molecule has 5 rings (SSSR count). The Morgan fingerprint density at radius 1 is 0.974 bits per heavy atom. The second-order valence-electron chi connectivity index (χ2n) is 8.17. The third-order valence-corrected chi connectivity index (χ3v) is 5.86. The maximum atomic E-state index is 14.9. The third-order valence-electron chi connectivity index (χ3n) is 5.38. The molecule has 1 amide bonds. The van der Waals surface area contributed by atoms with Gasteiger partial charge in [0.25, 0.3) is 5.91 Å². The third kappa shape index (κ3) is 5.62. The molecule has 0 atom stereocenters. The minimum absolute atomic E-state index is 0.0933. The number of aryl methyl sites for hydroxylation is 2. The van der Waals surface area contributed by atoms with Crippen molar-refractivity contribution in [2.24, 2.45) is 0 Å². The van der Waals surface area contributed by atoms with Crippen LogP contribution in [0, 0.1) is 25.5 Å². The van der Waals surface area contributed by atoms with Crippen molar-refractivity contribution in [3.63, 3.8) is 0 Å². The maximum Gasteiger partial charge on any atom is 0.273 e. The van der Waals surface area contributed by atoms with Gasteiger partial charge in [-0.15, -0.1) is 0 Å². The number of aromatic nitrogens is 7. The number of rotatable bonds is 7. The van der Waals surface area contributed by atoms with Crippen molar-refractivity contribution >= 4 is 29.2 Å². The molecule has 5 aromatic rings. The predicted molar refractivity (Wildman–Crippen MR) is 136 cm³/mol. The van der Waals surface area contributed by atoms with Crippen LogP contribution in [0.25, 0.3) is 22.6 Å². The van der Waals surface area contributed by atoms with Crippen molar-refractivity contribution in [2.75, 3.05) is 5.32 Å². The lowest BCUT2D eigenvalue weighted by Gasteiger charge is -2.09. The molecule has 2 N–H and O–H groups in total. The highest BCUT2D eigenvalue weighted by Gasteiger charge is 2.17. The van der Waals surface area contributed by atoms with Gasteiger partial charge in [0.05, 0.1) is 11.9 Å². The van der Waals surface area contributed by atoms with Gasteiger partial charge in [-0.25, -0.2) is 28.7 Å². The van der Waals surface area contributed by atoms with E-state index in [0.29, 0.717) is 45.5 Å². The first-order chi connectivity index (χ1) is 18.4. The van der Waals surface area contributed by atoms with Crippen molar-refractivity contribution < 1.29 is 13.6 Å². The van der Waals surface area contributed by atoms with E-state index < -0.39 is 17.5 Å². The second-order valence-corrected chi connectivity index (χ2v) is 8.78. The van der Waals surface area contributed by atoms with E-state index in [1.54, 1.807) is 43.8 Å². The topological polar surface area (TPSA) is 131 Å². The number of hydrogen-bond donors (Lipinski definition) is 2. The van der Waals surface area contributed by atoms with Gasteiger partial charge >= 0.3 is 0 Å². The van der Waals surface area contributed by atoms with E-state index in [4.69, 9.17) is 0 Å². The molecule has 0 saturated carbocycles. The highest BCUT2D eigenvalue weighted by atomic mass is 32.1. The van der Waals surface area contributed by atoms with E-state index in [0.717, 1.165) is 12.3 Å². The van der Waals surface area contributed by atoms with E-state index in [9.17, 15) is 13.6 Å². The molecule has 0 aliphatic rings. The summed E-state index contributed by atoms with van der Waals surface area (Å²) in [6.45, 7) is 3.63. The summed E-state index contributed by atoms with van der Waals surface area (Å²) < 4.78 is 32.5. The van der Waals surface area contributed by atoms with E-state index in [1.165, 1.54) is 23.8 Å². The molecule has 0 bridgehead atoms. The summed E-state index contributed by atoms with van der Waals surface area (Å²) in [5, 5.41) is 5.59. The van der Waals surface area contributed by atoms with Crippen LogP contribution in [0.1, 0.15) is 27.4 Å². The van der Waals surface area contributed by atoms with Crippen LogP contribution < -0.4 is 10.6 Å². The molecule has 0 aromatic carbocycles. The Kier molecular flexibility index (Phi) is 7.00. The molecule has 13 heteroatoms. The molecule has 5 aromatic heterocycles. The van der Waals surface area contributed by atoms with E-state index in [1.807, 2.05) is 0 Å². The molecule has 38 heavy (non-hydrogen) atoms. The minimum atomic E-state index is -0.816. The summed E-state index contributed by atoms with van der Waals surface area (Å²) >= 11 is 1.19. The Morgan fingerprint density at radius 2 is 1.84 bits per heavy atom. The number of pyridine rings is 3. The van der Waals surface area contributed by atoms with Crippen LogP contribution in [-0.4, -0.2) is 40.2 Å². The average molecular weight is 532 g/mol. The normalized spacial score (nSPS) is 10.8. The van der Waals surface area contributed by atoms with Crippen LogP contribution in [-0.2, 0) is 6.54 Å². The highest BCUT2D eigenvalue weighted by Crippen LogP contribution is 2.22. The molecule has 0 radical (unpaired) electrons. The zero-order chi connectivity index (χ0) is 26.6. The Bertz CT molecular complexity index is 1610. The first-order valence-corrected chi connectivity index (χ1v) is 12.1. The van der Waals surface area contributed by atoms with Gasteiger partial charge in [0.15, 0.2) is 17.3 Å². The van der Waals surface area contributed by atoms with E-state index >= 15 is 0 Å². The van der Waals surface area contributed by atoms with Crippen LogP contribution in [0.4, 0.5) is 20.5 Å². The fraction of sp³-hybridized carbons (Fsp3) is 0.120. The fourth-order valence-corrected chi connectivity index (χ4v) is 3.94.